The van der Waals surface area contributed by atoms with Crippen molar-refractivity contribution in [1.82, 2.24) is 5.32 Å². The van der Waals surface area contributed by atoms with Crippen molar-refractivity contribution in [3.8, 4) is 0 Å². The van der Waals surface area contributed by atoms with E-state index in [4.69, 9.17) is 4.74 Å². The molecule has 80 valence electrons. The smallest absolute Gasteiger partial charge is 0.367 e. The van der Waals surface area contributed by atoms with Gasteiger partial charge in [-0.05, 0) is 18.2 Å². The molecular weight excluding hydrogens is 200 g/mol. The predicted octanol–water partition coefficient (Wildman–Crippen LogP) is 1.66. The molecule has 5 heteroatoms. The second-order valence-corrected chi connectivity index (χ2v) is 3.91. The molecule has 1 aliphatic rings. The lowest BCUT2D eigenvalue weighted by Gasteiger charge is -2.03. The zero-order valence-electron chi connectivity index (χ0n) is 8.41. The van der Waals surface area contributed by atoms with Gasteiger partial charge in [0.25, 0.3) is 0 Å². The highest BCUT2D eigenvalue weighted by Gasteiger charge is 2.09. The van der Waals surface area contributed by atoms with Crippen LogP contribution in [0.1, 0.15) is 19.8 Å². The van der Waals surface area contributed by atoms with Crippen molar-refractivity contribution in [3.05, 3.63) is 0 Å². The van der Waals surface area contributed by atoms with E-state index >= 15 is 0 Å². The topological polar surface area (TPSA) is 50.7 Å². The van der Waals surface area contributed by atoms with Gasteiger partial charge in [-0.3, -0.25) is 4.99 Å². The Morgan fingerprint density at radius 3 is 3.21 bits per heavy atom. The average Bonchev–Trinajstić information content (AvgIpc) is 2.68. The molecule has 0 aromatic carbocycles. The molecule has 0 bridgehead atoms. The lowest BCUT2D eigenvalue weighted by atomic mass is 10.4. The second-order valence-electron chi connectivity index (χ2n) is 3.00. The lowest BCUT2D eigenvalue weighted by Crippen LogP contribution is -2.21. The summed E-state index contributed by atoms with van der Waals surface area (Å²) in [6.45, 7) is 4.31. The minimum absolute atomic E-state index is 0.199. The molecular formula is C9H16N2O2S. The summed E-state index contributed by atoms with van der Waals surface area (Å²) >= 11 is 1.17. The molecule has 0 saturated carbocycles. The number of carbonyl (C=O) groups excluding carboxylic acids is 1. The first-order valence-corrected chi connectivity index (χ1v) is 5.88. The molecule has 1 aliphatic heterocycles. The Kier molecular flexibility index (Phi) is 5.44. The SMILES string of the molecule is CCCCOC(=O)SCC1=NCCN1. The zero-order chi connectivity index (χ0) is 10.2. The van der Waals surface area contributed by atoms with E-state index in [1.54, 1.807) is 0 Å². The van der Waals surface area contributed by atoms with Crippen LogP contribution in [0.4, 0.5) is 4.79 Å². The Bertz CT molecular complexity index is 219. The number of hydrogen-bond acceptors (Lipinski definition) is 5. The maximum absolute atomic E-state index is 11.1. The van der Waals surface area contributed by atoms with Crippen LogP contribution in [0.3, 0.4) is 0 Å². The maximum atomic E-state index is 11.1. The standard InChI is InChI=1S/C9H16N2O2S/c1-2-3-6-13-9(12)14-7-8-10-4-5-11-8/h2-7H2,1H3,(H,10,11). The Labute approximate surface area is 88.5 Å². The van der Waals surface area contributed by atoms with Crippen LogP contribution < -0.4 is 5.32 Å². The van der Waals surface area contributed by atoms with Crippen LogP contribution in [-0.4, -0.2) is 36.6 Å². The lowest BCUT2D eigenvalue weighted by molar-refractivity contribution is 0.173. The summed E-state index contributed by atoms with van der Waals surface area (Å²) in [5.74, 6) is 1.51. The normalized spacial score (nSPS) is 14.8. The van der Waals surface area contributed by atoms with Gasteiger partial charge < -0.3 is 10.1 Å². The van der Waals surface area contributed by atoms with Crippen molar-refractivity contribution in [3.63, 3.8) is 0 Å². The molecule has 4 nitrogen and oxygen atoms in total. The van der Waals surface area contributed by atoms with Crippen molar-refractivity contribution in [2.45, 2.75) is 19.8 Å². The first-order valence-electron chi connectivity index (χ1n) is 4.89. The average molecular weight is 216 g/mol. The molecule has 1 heterocycles. The van der Waals surface area contributed by atoms with Gasteiger partial charge in [-0.25, -0.2) is 4.79 Å². The van der Waals surface area contributed by atoms with Gasteiger partial charge in [0.15, 0.2) is 0 Å². The third-order valence-electron chi connectivity index (χ3n) is 1.79. The molecule has 0 radical (unpaired) electrons. The third kappa shape index (κ3) is 4.50. The first-order chi connectivity index (χ1) is 6.83. The van der Waals surface area contributed by atoms with Gasteiger partial charge in [0.2, 0.25) is 0 Å². The number of thioether (sulfide) groups is 1. The van der Waals surface area contributed by atoms with Crippen LogP contribution in [0, 0.1) is 0 Å². The van der Waals surface area contributed by atoms with E-state index < -0.39 is 0 Å². The largest absolute Gasteiger partial charge is 0.458 e. The van der Waals surface area contributed by atoms with Gasteiger partial charge in [0, 0.05) is 6.54 Å². The number of nitrogens with zero attached hydrogens (tertiary/aromatic N) is 1. The summed E-state index contributed by atoms with van der Waals surface area (Å²) in [5.41, 5.74) is 0. The fourth-order valence-electron chi connectivity index (χ4n) is 1.01. The predicted molar refractivity (Wildman–Crippen MR) is 59.0 cm³/mol. The van der Waals surface area contributed by atoms with E-state index in [2.05, 4.69) is 17.2 Å². The number of amidine groups is 1. The van der Waals surface area contributed by atoms with E-state index in [0.717, 1.165) is 31.8 Å². The highest BCUT2D eigenvalue weighted by Crippen LogP contribution is 2.07. The number of nitrogens with one attached hydrogen (secondary N) is 1. The molecule has 0 unspecified atom stereocenters. The number of unbranched alkanes of at least 4 members (excludes halogenated alkanes) is 1. The molecule has 0 atom stereocenters. The van der Waals surface area contributed by atoms with Gasteiger partial charge in [-0.15, -0.1) is 0 Å². The van der Waals surface area contributed by atoms with Crippen molar-refractivity contribution in [1.29, 1.82) is 0 Å². The highest BCUT2D eigenvalue weighted by atomic mass is 32.2. The van der Waals surface area contributed by atoms with Crippen LogP contribution >= 0.6 is 11.8 Å². The van der Waals surface area contributed by atoms with Gasteiger partial charge >= 0.3 is 5.30 Å². The molecule has 0 aromatic heterocycles. The summed E-state index contributed by atoms with van der Waals surface area (Å²) in [7, 11) is 0. The van der Waals surface area contributed by atoms with Crippen molar-refractivity contribution in [2.75, 3.05) is 25.4 Å². The summed E-state index contributed by atoms with van der Waals surface area (Å²) < 4.78 is 4.98. The highest BCUT2D eigenvalue weighted by molar-refractivity contribution is 8.13. The Balaban J connectivity index is 2.02. The van der Waals surface area contributed by atoms with Crippen LogP contribution in [0.5, 0.6) is 0 Å². The molecule has 0 aromatic rings. The van der Waals surface area contributed by atoms with E-state index in [0.29, 0.717) is 12.4 Å². The quantitative estimate of drug-likeness (QED) is 0.561. The van der Waals surface area contributed by atoms with Crippen molar-refractivity contribution >= 4 is 22.9 Å². The van der Waals surface area contributed by atoms with Gasteiger partial charge in [0.1, 0.15) is 5.84 Å². The number of ether oxygens (including phenoxy) is 1. The second kappa shape index (κ2) is 6.70. The van der Waals surface area contributed by atoms with Gasteiger partial charge in [-0.1, -0.05) is 13.3 Å². The van der Waals surface area contributed by atoms with Crippen LogP contribution in [0.25, 0.3) is 0 Å². The molecule has 0 saturated heterocycles. The fraction of sp³-hybridized carbons (Fsp3) is 0.778. The fourth-order valence-corrected chi connectivity index (χ4v) is 1.63. The van der Waals surface area contributed by atoms with E-state index in [-0.39, 0.29) is 5.30 Å². The van der Waals surface area contributed by atoms with E-state index in [9.17, 15) is 4.79 Å². The van der Waals surface area contributed by atoms with Gasteiger partial charge in [-0.2, -0.15) is 0 Å². The summed E-state index contributed by atoms with van der Waals surface area (Å²) in [5, 5.41) is 2.90. The molecule has 0 aliphatic carbocycles. The van der Waals surface area contributed by atoms with Crippen LogP contribution in [0.2, 0.25) is 0 Å². The molecule has 0 spiro atoms. The Morgan fingerprint density at radius 2 is 2.57 bits per heavy atom. The van der Waals surface area contributed by atoms with E-state index in [1.807, 2.05) is 0 Å². The van der Waals surface area contributed by atoms with Crippen molar-refractivity contribution < 1.29 is 9.53 Å². The van der Waals surface area contributed by atoms with Crippen molar-refractivity contribution in [2.24, 2.45) is 4.99 Å². The van der Waals surface area contributed by atoms with Crippen LogP contribution in [-0.2, 0) is 4.74 Å². The molecule has 0 fully saturated rings. The van der Waals surface area contributed by atoms with Crippen LogP contribution in [0.15, 0.2) is 4.99 Å². The number of hydrogen-bond donors (Lipinski definition) is 1. The maximum Gasteiger partial charge on any atom is 0.367 e. The number of rotatable bonds is 5. The minimum atomic E-state index is -0.199. The summed E-state index contributed by atoms with van der Waals surface area (Å²) in [4.78, 5) is 15.3. The Morgan fingerprint density at radius 1 is 1.71 bits per heavy atom. The Hall–Kier alpha value is -0.710. The minimum Gasteiger partial charge on any atom is -0.458 e. The third-order valence-corrected chi connectivity index (χ3v) is 2.56. The zero-order valence-corrected chi connectivity index (χ0v) is 9.23. The first kappa shape index (κ1) is 11.4. The molecule has 14 heavy (non-hydrogen) atoms. The monoisotopic (exact) mass is 216 g/mol. The van der Waals surface area contributed by atoms with Gasteiger partial charge in [0.05, 0.1) is 18.9 Å². The summed E-state index contributed by atoms with van der Waals surface area (Å²) in [6, 6.07) is 0. The van der Waals surface area contributed by atoms with E-state index in [1.165, 1.54) is 11.8 Å². The molecule has 0 amide bonds. The number of aliphatic imine (C=N–C) groups is 1. The summed E-state index contributed by atoms with van der Waals surface area (Å²) in [6.07, 6.45) is 1.98. The molecule has 1 N–H and O–H groups in total. The molecule has 1 rings (SSSR count). The number of carbonyl (C=O) groups is 1.